The van der Waals surface area contributed by atoms with Crippen molar-refractivity contribution in [1.82, 2.24) is 14.8 Å². The first-order valence-electron chi connectivity index (χ1n) is 6.02. The molecule has 0 fully saturated rings. The number of carbonyl (C=O) groups excluding carboxylic acids is 1. The molecule has 2 rings (SSSR count). The molecular formula is C13H12ClN5OS. The van der Waals surface area contributed by atoms with Crippen LogP contribution < -0.4 is 5.32 Å². The number of aromatic nitrogens is 3. The number of benzene rings is 1. The summed E-state index contributed by atoms with van der Waals surface area (Å²) in [5.41, 5.74) is 0.922. The molecule has 1 unspecified atom stereocenters. The van der Waals surface area contributed by atoms with Crippen molar-refractivity contribution in [3.8, 4) is 6.07 Å². The van der Waals surface area contributed by atoms with E-state index in [1.807, 2.05) is 13.1 Å². The summed E-state index contributed by atoms with van der Waals surface area (Å²) >= 11 is 7.24. The van der Waals surface area contributed by atoms with Crippen LogP contribution in [0.4, 0.5) is 5.69 Å². The third-order valence-corrected chi connectivity index (χ3v) is 4.14. The minimum atomic E-state index is -0.345. The Morgan fingerprint density at radius 1 is 1.57 bits per heavy atom. The molecule has 1 atom stereocenters. The van der Waals surface area contributed by atoms with Crippen molar-refractivity contribution >= 4 is 35.0 Å². The van der Waals surface area contributed by atoms with E-state index in [0.29, 0.717) is 21.4 Å². The molecule has 1 N–H and O–H groups in total. The zero-order valence-corrected chi connectivity index (χ0v) is 12.9. The number of rotatable bonds is 4. The minimum Gasteiger partial charge on any atom is -0.325 e. The Balaban J connectivity index is 2.02. The monoisotopic (exact) mass is 321 g/mol. The summed E-state index contributed by atoms with van der Waals surface area (Å²) < 4.78 is 1.74. The first kappa shape index (κ1) is 15.4. The van der Waals surface area contributed by atoms with Gasteiger partial charge in [0.05, 0.1) is 15.8 Å². The van der Waals surface area contributed by atoms with Crippen LogP contribution in [0.25, 0.3) is 0 Å². The highest BCUT2D eigenvalue weighted by molar-refractivity contribution is 8.00. The Hall–Kier alpha value is -2.04. The minimum absolute atomic E-state index is 0.177. The summed E-state index contributed by atoms with van der Waals surface area (Å²) in [7, 11) is 1.81. The van der Waals surface area contributed by atoms with E-state index in [1.165, 1.54) is 11.8 Å². The van der Waals surface area contributed by atoms with Crippen molar-refractivity contribution < 1.29 is 4.79 Å². The number of halogens is 1. The second-order valence-electron chi connectivity index (χ2n) is 4.28. The van der Waals surface area contributed by atoms with Crippen LogP contribution in [-0.4, -0.2) is 25.9 Å². The lowest BCUT2D eigenvalue weighted by molar-refractivity contribution is -0.115. The smallest absolute Gasteiger partial charge is 0.237 e. The lowest BCUT2D eigenvalue weighted by atomic mass is 10.2. The molecular weight excluding hydrogens is 310 g/mol. The molecule has 108 valence electrons. The maximum Gasteiger partial charge on any atom is 0.237 e. The maximum absolute atomic E-state index is 12.1. The molecule has 1 aromatic carbocycles. The van der Waals surface area contributed by atoms with Crippen molar-refractivity contribution in [1.29, 1.82) is 5.26 Å². The zero-order chi connectivity index (χ0) is 15.4. The Morgan fingerprint density at radius 2 is 2.33 bits per heavy atom. The fourth-order valence-corrected chi connectivity index (χ4v) is 2.53. The first-order chi connectivity index (χ1) is 10.0. The van der Waals surface area contributed by atoms with Crippen LogP contribution in [0, 0.1) is 11.3 Å². The van der Waals surface area contributed by atoms with Gasteiger partial charge in [0.1, 0.15) is 12.4 Å². The van der Waals surface area contributed by atoms with Gasteiger partial charge in [0, 0.05) is 12.7 Å². The van der Waals surface area contributed by atoms with Crippen molar-refractivity contribution in [2.24, 2.45) is 7.05 Å². The number of amides is 1. The van der Waals surface area contributed by atoms with Crippen molar-refractivity contribution in [2.45, 2.75) is 17.3 Å². The number of nitrogens with one attached hydrogen (secondary N) is 1. The highest BCUT2D eigenvalue weighted by atomic mass is 35.5. The molecule has 1 heterocycles. The summed E-state index contributed by atoms with van der Waals surface area (Å²) in [5, 5.41) is 19.9. The SMILES string of the molecule is CC(Sc1nncn1C)C(=O)Nc1ccc(C#N)c(Cl)c1. The van der Waals surface area contributed by atoms with E-state index < -0.39 is 0 Å². The van der Waals surface area contributed by atoms with E-state index in [9.17, 15) is 4.79 Å². The van der Waals surface area contributed by atoms with Gasteiger partial charge in [0.15, 0.2) is 5.16 Å². The van der Waals surface area contributed by atoms with Gasteiger partial charge < -0.3 is 9.88 Å². The van der Waals surface area contributed by atoms with Gasteiger partial charge >= 0.3 is 0 Å². The van der Waals surface area contributed by atoms with Gasteiger partial charge in [0.2, 0.25) is 5.91 Å². The molecule has 1 aromatic heterocycles. The number of nitrogens with zero attached hydrogens (tertiary/aromatic N) is 4. The van der Waals surface area contributed by atoms with Gasteiger partial charge in [-0.1, -0.05) is 23.4 Å². The molecule has 21 heavy (non-hydrogen) atoms. The normalized spacial score (nSPS) is 11.7. The predicted molar refractivity (Wildman–Crippen MR) is 81.1 cm³/mol. The standard InChI is InChI=1S/C13H12ClN5OS/c1-8(21-13-18-16-7-19(13)2)12(20)17-10-4-3-9(6-15)11(14)5-10/h3-5,7-8H,1-2H3,(H,17,20). The molecule has 0 saturated carbocycles. The molecule has 6 nitrogen and oxygen atoms in total. The van der Waals surface area contributed by atoms with Crippen LogP contribution in [0.2, 0.25) is 5.02 Å². The molecule has 0 aliphatic rings. The summed E-state index contributed by atoms with van der Waals surface area (Å²) in [4.78, 5) is 12.1. The summed E-state index contributed by atoms with van der Waals surface area (Å²) in [6.07, 6.45) is 1.58. The number of hydrogen-bond acceptors (Lipinski definition) is 5. The molecule has 0 bridgehead atoms. The number of aryl methyl sites for hydroxylation is 1. The van der Waals surface area contributed by atoms with Gasteiger partial charge in [-0.25, -0.2) is 0 Å². The molecule has 0 spiro atoms. The van der Waals surface area contributed by atoms with Gasteiger partial charge in [-0.2, -0.15) is 5.26 Å². The number of thioether (sulfide) groups is 1. The van der Waals surface area contributed by atoms with Gasteiger partial charge in [-0.3, -0.25) is 4.79 Å². The van der Waals surface area contributed by atoms with Crippen molar-refractivity contribution in [3.63, 3.8) is 0 Å². The summed E-state index contributed by atoms with van der Waals surface area (Å²) in [6.45, 7) is 1.78. The molecule has 0 aliphatic carbocycles. The molecule has 2 aromatic rings. The number of carbonyl (C=O) groups is 1. The molecule has 1 amide bonds. The van der Waals surface area contributed by atoms with E-state index in [-0.39, 0.29) is 11.2 Å². The predicted octanol–water partition coefficient (Wildman–Crippen LogP) is 2.46. The van der Waals surface area contributed by atoms with Crippen LogP contribution in [0.15, 0.2) is 29.7 Å². The largest absolute Gasteiger partial charge is 0.325 e. The van der Waals surface area contributed by atoms with E-state index in [4.69, 9.17) is 16.9 Å². The van der Waals surface area contributed by atoms with Crippen LogP contribution in [-0.2, 0) is 11.8 Å². The molecule has 0 aliphatic heterocycles. The third kappa shape index (κ3) is 3.74. The summed E-state index contributed by atoms with van der Waals surface area (Å²) in [6, 6.07) is 6.73. The molecule has 8 heteroatoms. The van der Waals surface area contributed by atoms with Crippen molar-refractivity contribution in [3.05, 3.63) is 35.1 Å². The lowest BCUT2D eigenvalue weighted by Crippen LogP contribution is -2.22. The second-order valence-corrected chi connectivity index (χ2v) is 6.00. The fraction of sp³-hybridized carbons (Fsp3) is 0.231. The topological polar surface area (TPSA) is 83.6 Å². The van der Waals surface area contributed by atoms with E-state index in [0.717, 1.165) is 0 Å². The molecule has 0 saturated heterocycles. The van der Waals surface area contributed by atoms with Gasteiger partial charge in [-0.15, -0.1) is 10.2 Å². The number of anilines is 1. The lowest BCUT2D eigenvalue weighted by Gasteiger charge is -2.11. The number of nitriles is 1. The second kappa shape index (κ2) is 6.61. The van der Waals surface area contributed by atoms with Crippen molar-refractivity contribution in [2.75, 3.05) is 5.32 Å². The molecule has 0 radical (unpaired) electrons. The maximum atomic E-state index is 12.1. The highest BCUT2D eigenvalue weighted by Gasteiger charge is 2.17. The Bertz CT molecular complexity index is 709. The van der Waals surface area contributed by atoms with Crippen LogP contribution in [0.3, 0.4) is 0 Å². The number of hydrogen-bond donors (Lipinski definition) is 1. The van der Waals surface area contributed by atoms with E-state index in [2.05, 4.69) is 15.5 Å². The van der Waals surface area contributed by atoms with Crippen LogP contribution in [0.5, 0.6) is 0 Å². The van der Waals surface area contributed by atoms with Crippen LogP contribution in [0.1, 0.15) is 12.5 Å². The quantitative estimate of drug-likeness (QED) is 0.874. The first-order valence-corrected chi connectivity index (χ1v) is 7.28. The van der Waals surface area contributed by atoms with E-state index >= 15 is 0 Å². The van der Waals surface area contributed by atoms with Gasteiger partial charge in [0.25, 0.3) is 0 Å². The summed E-state index contributed by atoms with van der Waals surface area (Å²) in [5.74, 6) is -0.177. The van der Waals surface area contributed by atoms with Gasteiger partial charge in [-0.05, 0) is 25.1 Å². The Labute approximate surface area is 131 Å². The zero-order valence-electron chi connectivity index (χ0n) is 11.4. The highest BCUT2D eigenvalue weighted by Crippen LogP contribution is 2.23. The Kier molecular flexibility index (Phi) is 4.83. The Morgan fingerprint density at radius 3 is 2.90 bits per heavy atom. The third-order valence-electron chi connectivity index (χ3n) is 2.68. The average molecular weight is 322 g/mol. The van der Waals surface area contributed by atoms with E-state index in [1.54, 1.807) is 36.0 Å². The average Bonchev–Trinajstić information content (AvgIpc) is 2.84. The van der Waals surface area contributed by atoms with Crippen LogP contribution >= 0.6 is 23.4 Å². The fourth-order valence-electron chi connectivity index (χ4n) is 1.52.